The van der Waals surface area contributed by atoms with E-state index in [1.165, 1.54) is 23.1 Å². The number of nitrogens with one attached hydrogen (secondary N) is 2. The first-order valence-corrected chi connectivity index (χ1v) is 10.9. The van der Waals surface area contributed by atoms with Crippen LogP contribution in [-0.4, -0.2) is 33.6 Å². The Morgan fingerprint density at radius 2 is 2.10 bits per heavy atom. The molecule has 0 radical (unpaired) electrons. The van der Waals surface area contributed by atoms with Crippen LogP contribution >= 0.6 is 23.1 Å². The van der Waals surface area contributed by atoms with Gasteiger partial charge in [-0.3, -0.25) is 4.79 Å². The summed E-state index contributed by atoms with van der Waals surface area (Å²) in [5, 5.41) is 18.6. The number of amides is 1. The zero-order valence-corrected chi connectivity index (χ0v) is 18.1. The molecule has 29 heavy (non-hydrogen) atoms. The van der Waals surface area contributed by atoms with E-state index in [2.05, 4.69) is 32.9 Å². The lowest BCUT2D eigenvalue weighted by atomic mass is 10.2. The van der Waals surface area contributed by atoms with Crippen molar-refractivity contribution < 1.29 is 14.1 Å². The van der Waals surface area contributed by atoms with E-state index in [1.807, 2.05) is 24.3 Å². The summed E-state index contributed by atoms with van der Waals surface area (Å²) < 4.78 is 10.9. The van der Waals surface area contributed by atoms with Crippen LogP contribution in [0.2, 0.25) is 0 Å². The first kappa shape index (κ1) is 21.1. The number of unbranched alkanes of at least 4 members (excludes halogenated alkanes) is 1. The van der Waals surface area contributed by atoms with Crippen LogP contribution in [0, 0.1) is 6.92 Å². The predicted molar refractivity (Wildman–Crippen MR) is 115 cm³/mol. The molecule has 3 rings (SSSR count). The molecule has 0 aliphatic heterocycles. The second-order valence-corrected chi connectivity index (χ2v) is 8.71. The van der Waals surface area contributed by atoms with E-state index in [0.29, 0.717) is 16.7 Å². The molecule has 10 heteroatoms. The summed E-state index contributed by atoms with van der Waals surface area (Å²) in [5.74, 6) is 1.75. The molecule has 2 N–H and O–H groups in total. The van der Waals surface area contributed by atoms with E-state index in [1.54, 1.807) is 20.1 Å². The molecule has 1 atom stereocenters. The number of hydrogen-bond acceptors (Lipinski definition) is 9. The largest absolute Gasteiger partial charge is 0.497 e. The van der Waals surface area contributed by atoms with E-state index < -0.39 is 0 Å². The van der Waals surface area contributed by atoms with Crippen molar-refractivity contribution in [3.8, 4) is 5.75 Å². The van der Waals surface area contributed by atoms with Gasteiger partial charge in [0.2, 0.25) is 11.0 Å². The van der Waals surface area contributed by atoms with Crippen molar-refractivity contribution in [1.82, 2.24) is 15.4 Å². The molecule has 1 amide bonds. The second kappa shape index (κ2) is 10.3. The van der Waals surface area contributed by atoms with Gasteiger partial charge in [0.25, 0.3) is 0 Å². The van der Waals surface area contributed by atoms with Crippen LogP contribution in [0.5, 0.6) is 5.75 Å². The van der Waals surface area contributed by atoms with Crippen molar-refractivity contribution in [3.05, 3.63) is 36.1 Å². The summed E-state index contributed by atoms with van der Waals surface area (Å²) in [6, 6.07) is 9.25. The van der Waals surface area contributed by atoms with E-state index in [4.69, 9.17) is 9.26 Å². The summed E-state index contributed by atoms with van der Waals surface area (Å²) in [6.07, 6.45) is 2.69. The number of anilines is 3. The van der Waals surface area contributed by atoms with Crippen LogP contribution in [0.1, 0.15) is 31.9 Å². The molecule has 2 aromatic heterocycles. The summed E-state index contributed by atoms with van der Waals surface area (Å²) in [6.45, 7) is 3.88. The normalized spacial score (nSPS) is 11.8. The standard InChI is InChI=1S/C19H23N5O3S2/c1-4-5-6-15(17(25)21-16-11-12(2)27-24-16)28-19-23-22-18(29-19)20-13-7-9-14(26-3)10-8-13/h7-11,15H,4-6H2,1-3H3,(H,20,22)(H,21,24,25). The molecule has 0 spiro atoms. The van der Waals surface area contributed by atoms with Gasteiger partial charge >= 0.3 is 0 Å². The molecular weight excluding hydrogens is 410 g/mol. The minimum absolute atomic E-state index is 0.114. The quantitative estimate of drug-likeness (QED) is 0.436. The third kappa shape index (κ3) is 6.20. The van der Waals surface area contributed by atoms with Crippen LogP contribution in [0.25, 0.3) is 0 Å². The number of ether oxygens (including phenoxy) is 1. The third-order valence-electron chi connectivity index (χ3n) is 3.98. The van der Waals surface area contributed by atoms with Crippen LogP contribution in [-0.2, 0) is 4.79 Å². The molecule has 0 saturated heterocycles. The van der Waals surface area contributed by atoms with E-state index in [-0.39, 0.29) is 11.2 Å². The van der Waals surface area contributed by atoms with Crippen molar-refractivity contribution >= 4 is 45.6 Å². The third-order valence-corrected chi connectivity index (χ3v) is 6.17. The highest BCUT2D eigenvalue weighted by molar-refractivity contribution is 8.02. The fraction of sp³-hybridized carbons (Fsp3) is 0.368. The highest BCUT2D eigenvalue weighted by Crippen LogP contribution is 2.33. The number of hydrogen-bond donors (Lipinski definition) is 2. The fourth-order valence-electron chi connectivity index (χ4n) is 2.49. The summed E-state index contributed by atoms with van der Waals surface area (Å²) in [7, 11) is 1.63. The lowest BCUT2D eigenvalue weighted by Crippen LogP contribution is -2.25. The topological polar surface area (TPSA) is 102 Å². The zero-order valence-electron chi connectivity index (χ0n) is 16.5. The minimum Gasteiger partial charge on any atom is -0.497 e. The van der Waals surface area contributed by atoms with Gasteiger partial charge in [-0.05, 0) is 37.6 Å². The molecule has 0 saturated carbocycles. The monoisotopic (exact) mass is 433 g/mol. The molecule has 0 aliphatic rings. The number of aromatic nitrogens is 3. The van der Waals surface area contributed by atoms with Gasteiger partial charge in [-0.25, -0.2) is 0 Å². The van der Waals surface area contributed by atoms with Crippen molar-refractivity contribution in [2.24, 2.45) is 0 Å². The maximum atomic E-state index is 12.7. The van der Waals surface area contributed by atoms with E-state index >= 15 is 0 Å². The SMILES string of the molecule is CCCCC(Sc1nnc(Nc2ccc(OC)cc2)s1)C(=O)Nc1cc(C)on1. The Labute approximate surface area is 177 Å². The highest BCUT2D eigenvalue weighted by Gasteiger charge is 2.22. The highest BCUT2D eigenvalue weighted by atomic mass is 32.2. The molecule has 8 nitrogen and oxygen atoms in total. The molecule has 154 valence electrons. The smallest absolute Gasteiger partial charge is 0.239 e. The number of rotatable bonds is 10. The summed E-state index contributed by atoms with van der Waals surface area (Å²) in [5.41, 5.74) is 0.889. The molecule has 3 aromatic rings. The maximum absolute atomic E-state index is 12.7. The van der Waals surface area contributed by atoms with Crippen molar-refractivity contribution in [2.75, 3.05) is 17.7 Å². The predicted octanol–water partition coefficient (Wildman–Crippen LogP) is 4.88. The Morgan fingerprint density at radius 1 is 1.31 bits per heavy atom. The van der Waals surface area contributed by atoms with Crippen molar-refractivity contribution in [1.29, 1.82) is 0 Å². The van der Waals surface area contributed by atoms with Gasteiger partial charge in [0.15, 0.2) is 10.2 Å². The first-order valence-electron chi connectivity index (χ1n) is 9.22. The Kier molecular flexibility index (Phi) is 7.48. The lowest BCUT2D eigenvalue weighted by molar-refractivity contribution is -0.115. The molecule has 0 bridgehead atoms. The van der Waals surface area contributed by atoms with Crippen LogP contribution in [0.3, 0.4) is 0 Å². The Morgan fingerprint density at radius 3 is 2.76 bits per heavy atom. The van der Waals surface area contributed by atoms with Crippen LogP contribution in [0.15, 0.2) is 39.2 Å². The van der Waals surface area contributed by atoms with Crippen molar-refractivity contribution in [3.63, 3.8) is 0 Å². The average molecular weight is 434 g/mol. The van der Waals surface area contributed by atoms with Gasteiger partial charge in [0.05, 0.1) is 12.4 Å². The van der Waals surface area contributed by atoms with Gasteiger partial charge < -0.3 is 19.9 Å². The number of nitrogens with zero attached hydrogens (tertiary/aromatic N) is 3. The molecule has 0 aliphatic carbocycles. The van der Waals surface area contributed by atoms with E-state index in [0.717, 1.165) is 35.0 Å². The number of aryl methyl sites for hydroxylation is 1. The Hall–Kier alpha value is -2.59. The number of methoxy groups -OCH3 is 1. The van der Waals surface area contributed by atoms with Gasteiger partial charge in [0, 0.05) is 11.8 Å². The zero-order chi connectivity index (χ0) is 20.6. The van der Waals surface area contributed by atoms with Gasteiger partial charge in [-0.2, -0.15) is 0 Å². The van der Waals surface area contributed by atoms with Gasteiger partial charge in [-0.15, -0.1) is 10.2 Å². The second-order valence-electron chi connectivity index (χ2n) is 6.29. The molecule has 2 heterocycles. The number of carbonyl (C=O) groups is 1. The Bertz CT molecular complexity index is 926. The average Bonchev–Trinajstić information content (AvgIpc) is 3.34. The molecule has 1 unspecified atom stereocenters. The molecular formula is C19H23N5O3S2. The van der Waals surface area contributed by atoms with Gasteiger partial charge in [-0.1, -0.05) is 48.0 Å². The lowest BCUT2D eigenvalue weighted by Gasteiger charge is -2.13. The number of benzene rings is 1. The summed E-state index contributed by atoms with van der Waals surface area (Å²) in [4.78, 5) is 12.7. The minimum atomic E-state index is -0.284. The van der Waals surface area contributed by atoms with Crippen LogP contribution in [0.4, 0.5) is 16.6 Å². The number of thioether (sulfide) groups is 1. The maximum Gasteiger partial charge on any atom is 0.239 e. The molecule has 0 fully saturated rings. The Balaban J connectivity index is 1.63. The number of carbonyl (C=O) groups excluding carboxylic acids is 1. The molecule has 1 aromatic carbocycles. The van der Waals surface area contributed by atoms with Gasteiger partial charge in [0.1, 0.15) is 11.5 Å². The van der Waals surface area contributed by atoms with Crippen LogP contribution < -0.4 is 15.4 Å². The fourth-order valence-corrected chi connectivity index (χ4v) is 4.55. The van der Waals surface area contributed by atoms with E-state index in [9.17, 15) is 4.79 Å². The van der Waals surface area contributed by atoms with Crippen molar-refractivity contribution in [2.45, 2.75) is 42.7 Å². The first-order chi connectivity index (χ1) is 14.1. The summed E-state index contributed by atoms with van der Waals surface area (Å²) >= 11 is 2.83.